The van der Waals surface area contributed by atoms with E-state index in [-0.39, 0.29) is 18.2 Å². The van der Waals surface area contributed by atoms with Crippen molar-refractivity contribution in [1.82, 2.24) is 5.32 Å². The Hall–Kier alpha value is -0.420. The molecular formula is C11H17NO2S. The Labute approximate surface area is 94.1 Å². The van der Waals surface area contributed by atoms with Gasteiger partial charge in [-0.2, -0.15) is 0 Å². The summed E-state index contributed by atoms with van der Waals surface area (Å²) in [6.45, 7) is 5.29. The molecule has 0 amide bonds. The molecule has 2 heterocycles. The highest BCUT2D eigenvalue weighted by Crippen LogP contribution is 2.23. The number of ether oxygens (including phenoxy) is 1. The van der Waals surface area contributed by atoms with Crippen LogP contribution in [0.5, 0.6) is 0 Å². The molecule has 2 N–H and O–H groups in total. The maximum Gasteiger partial charge on any atom is 0.0948 e. The summed E-state index contributed by atoms with van der Waals surface area (Å²) in [6.07, 6.45) is -0.367. The van der Waals surface area contributed by atoms with Crippen molar-refractivity contribution in [3.8, 4) is 0 Å². The number of rotatable bonds is 3. The van der Waals surface area contributed by atoms with Gasteiger partial charge in [0.2, 0.25) is 0 Å². The van der Waals surface area contributed by atoms with Gasteiger partial charge in [-0.25, -0.2) is 0 Å². The molecule has 84 valence electrons. The lowest BCUT2D eigenvalue weighted by molar-refractivity contribution is 0.121. The molecule has 0 spiro atoms. The fourth-order valence-corrected chi connectivity index (χ4v) is 2.68. The maximum atomic E-state index is 9.61. The summed E-state index contributed by atoms with van der Waals surface area (Å²) in [7, 11) is 0. The quantitative estimate of drug-likeness (QED) is 0.821. The minimum absolute atomic E-state index is 0.0717. The third-order valence-corrected chi connectivity index (χ3v) is 3.89. The van der Waals surface area contributed by atoms with Gasteiger partial charge in [-0.1, -0.05) is 0 Å². The Morgan fingerprint density at radius 2 is 2.33 bits per heavy atom. The highest BCUT2D eigenvalue weighted by atomic mass is 32.1. The van der Waals surface area contributed by atoms with E-state index in [2.05, 4.69) is 31.3 Å². The van der Waals surface area contributed by atoms with E-state index in [1.165, 1.54) is 9.75 Å². The lowest BCUT2D eigenvalue weighted by Crippen LogP contribution is -2.39. The van der Waals surface area contributed by atoms with Crippen molar-refractivity contribution in [2.24, 2.45) is 0 Å². The molecule has 1 aromatic rings. The van der Waals surface area contributed by atoms with E-state index < -0.39 is 0 Å². The number of hydrogen-bond donors (Lipinski definition) is 2. The summed E-state index contributed by atoms with van der Waals surface area (Å²) >= 11 is 1.80. The summed E-state index contributed by atoms with van der Waals surface area (Å²) in [5, 5.41) is 13.0. The fraction of sp³-hybridized carbons (Fsp3) is 0.636. The molecule has 0 aliphatic carbocycles. The normalized spacial score (nSPS) is 28.2. The molecule has 1 aliphatic rings. The highest BCUT2D eigenvalue weighted by molar-refractivity contribution is 7.12. The smallest absolute Gasteiger partial charge is 0.0948 e. The first kappa shape index (κ1) is 11.1. The standard InChI is InChI=1S/C11H17NO2S/c1-7-3-4-11(15-7)8(2)12-9-5-14-6-10(9)13/h3-4,8-10,12-13H,5-6H2,1-2H3. The Morgan fingerprint density at radius 3 is 2.87 bits per heavy atom. The molecule has 3 unspecified atom stereocenters. The van der Waals surface area contributed by atoms with Gasteiger partial charge in [-0.3, -0.25) is 0 Å². The maximum absolute atomic E-state index is 9.61. The van der Waals surface area contributed by atoms with Gasteiger partial charge in [-0.05, 0) is 26.0 Å². The van der Waals surface area contributed by atoms with E-state index in [4.69, 9.17) is 4.74 Å². The van der Waals surface area contributed by atoms with E-state index in [1.54, 1.807) is 11.3 Å². The van der Waals surface area contributed by atoms with E-state index in [9.17, 15) is 5.11 Å². The Kier molecular flexibility index (Phi) is 3.41. The Morgan fingerprint density at radius 1 is 1.53 bits per heavy atom. The minimum Gasteiger partial charge on any atom is -0.389 e. The van der Waals surface area contributed by atoms with Crippen LogP contribution in [-0.4, -0.2) is 30.5 Å². The molecule has 0 bridgehead atoms. The van der Waals surface area contributed by atoms with Crippen LogP contribution in [0.3, 0.4) is 0 Å². The molecular weight excluding hydrogens is 210 g/mol. The topological polar surface area (TPSA) is 41.5 Å². The number of aliphatic hydroxyl groups is 1. The van der Waals surface area contributed by atoms with Crippen LogP contribution in [0.2, 0.25) is 0 Å². The zero-order chi connectivity index (χ0) is 10.8. The first-order chi connectivity index (χ1) is 7.16. The molecule has 0 saturated carbocycles. The second-order valence-electron chi connectivity index (χ2n) is 4.05. The average Bonchev–Trinajstić information content (AvgIpc) is 2.77. The summed E-state index contributed by atoms with van der Waals surface area (Å²) in [5.41, 5.74) is 0. The van der Waals surface area contributed by atoms with Crippen molar-refractivity contribution in [1.29, 1.82) is 0 Å². The second kappa shape index (κ2) is 4.61. The number of nitrogens with one attached hydrogen (secondary N) is 1. The first-order valence-electron chi connectivity index (χ1n) is 5.25. The van der Waals surface area contributed by atoms with Gasteiger partial charge in [0.25, 0.3) is 0 Å². The first-order valence-corrected chi connectivity index (χ1v) is 6.06. The fourth-order valence-electron chi connectivity index (χ4n) is 1.79. The molecule has 1 saturated heterocycles. The number of aryl methyl sites for hydroxylation is 1. The summed E-state index contributed by atoms with van der Waals surface area (Å²) in [4.78, 5) is 2.63. The van der Waals surface area contributed by atoms with Crippen LogP contribution >= 0.6 is 11.3 Å². The monoisotopic (exact) mass is 227 g/mol. The van der Waals surface area contributed by atoms with Crippen LogP contribution < -0.4 is 5.32 Å². The third-order valence-electron chi connectivity index (χ3n) is 2.70. The zero-order valence-electron chi connectivity index (χ0n) is 9.06. The Bertz CT molecular complexity index is 326. The zero-order valence-corrected chi connectivity index (χ0v) is 9.88. The van der Waals surface area contributed by atoms with E-state index >= 15 is 0 Å². The molecule has 15 heavy (non-hydrogen) atoms. The Balaban J connectivity index is 1.94. The van der Waals surface area contributed by atoms with Gasteiger partial charge >= 0.3 is 0 Å². The van der Waals surface area contributed by atoms with E-state index in [1.807, 2.05) is 0 Å². The van der Waals surface area contributed by atoms with Gasteiger partial charge in [0.05, 0.1) is 25.4 Å². The minimum atomic E-state index is -0.367. The van der Waals surface area contributed by atoms with Crippen LogP contribution in [0.25, 0.3) is 0 Å². The van der Waals surface area contributed by atoms with Gasteiger partial charge < -0.3 is 15.2 Å². The summed E-state index contributed by atoms with van der Waals surface area (Å²) in [5.74, 6) is 0. The van der Waals surface area contributed by atoms with Crippen LogP contribution in [0.4, 0.5) is 0 Å². The van der Waals surface area contributed by atoms with Crippen molar-refractivity contribution >= 4 is 11.3 Å². The van der Waals surface area contributed by atoms with Gasteiger partial charge in [0.15, 0.2) is 0 Å². The number of aliphatic hydroxyl groups excluding tert-OH is 1. The highest BCUT2D eigenvalue weighted by Gasteiger charge is 2.27. The predicted molar refractivity (Wildman–Crippen MR) is 61.2 cm³/mol. The van der Waals surface area contributed by atoms with Gasteiger partial charge in [0.1, 0.15) is 0 Å². The molecule has 0 aromatic carbocycles. The molecule has 1 aliphatic heterocycles. The van der Waals surface area contributed by atoms with Crippen molar-refractivity contribution in [2.75, 3.05) is 13.2 Å². The van der Waals surface area contributed by atoms with Gasteiger partial charge in [-0.15, -0.1) is 11.3 Å². The molecule has 3 atom stereocenters. The van der Waals surface area contributed by atoms with Crippen molar-refractivity contribution < 1.29 is 9.84 Å². The molecule has 2 rings (SSSR count). The molecule has 0 radical (unpaired) electrons. The number of hydrogen-bond acceptors (Lipinski definition) is 4. The molecule has 4 heteroatoms. The van der Waals surface area contributed by atoms with E-state index in [0.717, 1.165) is 0 Å². The van der Waals surface area contributed by atoms with Crippen molar-refractivity contribution in [2.45, 2.75) is 32.0 Å². The third kappa shape index (κ3) is 2.58. The van der Waals surface area contributed by atoms with E-state index in [0.29, 0.717) is 13.2 Å². The second-order valence-corrected chi connectivity index (χ2v) is 5.37. The van der Waals surface area contributed by atoms with Crippen LogP contribution in [0.15, 0.2) is 12.1 Å². The summed E-state index contributed by atoms with van der Waals surface area (Å²) in [6, 6.07) is 4.62. The average molecular weight is 227 g/mol. The summed E-state index contributed by atoms with van der Waals surface area (Å²) < 4.78 is 5.20. The number of thiophene rings is 1. The van der Waals surface area contributed by atoms with Crippen molar-refractivity contribution in [3.05, 3.63) is 21.9 Å². The molecule has 1 fully saturated rings. The molecule has 1 aromatic heterocycles. The SMILES string of the molecule is Cc1ccc(C(C)NC2COCC2O)s1. The largest absolute Gasteiger partial charge is 0.389 e. The van der Waals surface area contributed by atoms with Crippen molar-refractivity contribution in [3.63, 3.8) is 0 Å². The molecule has 3 nitrogen and oxygen atoms in total. The van der Waals surface area contributed by atoms with Crippen LogP contribution in [0, 0.1) is 6.92 Å². The van der Waals surface area contributed by atoms with Crippen LogP contribution in [0.1, 0.15) is 22.7 Å². The van der Waals surface area contributed by atoms with Crippen LogP contribution in [-0.2, 0) is 4.74 Å². The predicted octanol–water partition coefficient (Wildman–Crippen LogP) is 1.47. The van der Waals surface area contributed by atoms with Gasteiger partial charge in [0, 0.05) is 15.8 Å². The lowest BCUT2D eigenvalue weighted by Gasteiger charge is -2.19. The lowest BCUT2D eigenvalue weighted by atomic mass is 10.1.